The summed E-state index contributed by atoms with van der Waals surface area (Å²) in [6.07, 6.45) is 0. The summed E-state index contributed by atoms with van der Waals surface area (Å²) >= 11 is 6.00. The molecule has 0 atom stereocenters. The molecule has 5 nitrogen and oxygen atoms in total. The average Bonchev–Trinajstić information content (AvgIpc) is 2.32. The molecule has 1 heterocycles. The summed E-state index contributed by atoms with van der Waals surface area (Å²) in [4.78, 5) is 13.9. The highest BCUT2D eigenvalue weighted by Gasteiger charge is 2.01. The maximum Gasteiger partial charge on any atom is 0.273 e. The van der Waals surface area contributed by atoms with Gasteiger partial charge in [-0.2, -0.15) is 0 Å². The van der Waals surface area contributed by atoms with Gasteiger partial charge < -0.3 is 5.32 Å². The lowest BCUT2D eigenvalue weighted by Gasteiger charge is -2.06. The van der Waals surface area contributed by atoms with Gasteiger partial charge in [0.15, 0.2) is 0 Å². The summed E-state index contributed by atoms with van der Waals surface area (Å²) in [6, 6.07) is 7.46. The van der Waals surface area contributed by atoms with Crippen molar-refractivity contribution in [2.75, 3.05) is 5.32 Å². The van der Waals surface area contributed by atoms with Gasteiger partial charge in [0.25, 0.3) is 5.56 Å². The second-order valence-electron chi connectivity index (χ2n) is 3.53. The molecule has 17 heavy (non-hydrogen) atoms. The van der Waals surface area contributed by atoms with E-state index >= 15 is 0 Å². The predicted octanol–water partition coefficient (Wildman–Crippen LogP) is 1.74. The van der Waals surface area contributed by atoms with Crippen LogP contribution < -0.4 is 10.9 Å². The van der Waals surface area contributed by atoms with Crippen molar-refractivity contribution in [2.45, 2.75) is 13.5 Å². The summed E-state index contributed by atoms with van der Waals surface area (Å²) in [5.74, 6) is 0.334. The standard InChI is InChI=1S/C11H11ClN4O/c1-7-10(17)14-11(16-15-7)13-6-8-4-2-3-5-9(8)12/h2-5H,6H2,1H3,(H2,13,14,16,17). The lowest BCUT2D eigenvalue weighted by atomic mass is 10.2. The minimum absolute atomic E-state index is 0.248. The molecule has 88 valence electrons. The molecule has 0 aliphatic heterocycles. The Bertz CT molecular complexity index is 582. The van der Waals surface area contributed by atoms with Gasteiger partial charge in [-0.05, 0) is 18.6 Å². The molecule has 0 unspecified atom stereocenters. The van der Waals surface area contributed by atoms with Gasteiger partial charge in [0, 0.05) is 11.6 Å². The highest BCUT2D eigenvalue weighted by Crippen LogP contribution is 2.15. The first kappa shape index (κ1) is 11.6. The molecular formula is C11H11ClN4O. The van der Waals surface area contributed by atoms with Crippen molar-refractivity contribution in [1.29, 1.82) is 0 Å². The van der Waals surface area contributed by atoms with E-state index in [2.05, 4.69) is 20.5 Å². The van der Waals surface area contributed by atoms with Crippen LogP contribution in [0.15, 0.2) is 29.1 Å². The number of rotatable bonds is 3. The smallest absolute Gasteiger partial charge is 0.273 e. The summed E-state index contributed by atoms with van der Waals surface area (Å²) in [6.45, 7) is 2.08. The molecule has 0 saturated heterocycles. The van der Waals surface area contributed by atoms with Crippen LogP contribution in [0.5, 0.6) is 0 Å². The second kappa shape index (κ2) is 4.97. The Labute approximate surface area is 103 Å². The summed E-state index contributed by atoms with van der Waals surface area (Å²) < 4.78 is 0. The van der Waals surface area contributed by atoms with Crippen LogP contribution >= 0.6 is 11.6 Å². The molecule has 1 aromatic heterocycles. The zero-order valence-electron chi connectivity index (χ0n) is 9.20. The first-order valence-corrected chi connectivity index (χ1v) is 5.45. The molecule has 0 aliphatic rings. The van der Waals surface area contributed by atoms with Crippen molar-refractivity contribution in [3.63, 3.8) is 0 Å². The van der Waals surface area contributed by atoms with Gasteiger partial charge in [0.1, 0.15) is 5.69 Å². The van der Waals surface area contributed by atoms with Gasteiger partial charge >= 0.3 is 0 Å². The third-order valence-electron chi connectivity index (χ3n) is 2.26. The van der Waals surface area contributed by atoms with Gasteiger partial charge in [-0.1, -0.05) is 29.8 Å². The molecule has 0 spiro atoms. The van der Waals surface area contributed by atoms with Crippen LogP contribution in [0.3, 0.4) is 0 Å². The fourth-order valence-corrected chi connectivity index (χ4v) is 1.50. The number of halogens is 1. The third-order valence-corrected chi connectivity index (χ3v) is 2.63. The van der Waals surface area contributed by atoms with Crippen LogP contribution in [0.25, 0.3) is 0 Å². The van der Waals surface area contributed by atoms with Crippen LogP contribution in [-0.4, -0.2) is 15.2 Å². The predicted molar refractivity (Wildman–Crippen MR) is 66.2 cm³/mol. The van der Waals surface area contributed by atoms with E-state index < -0.39 is 0 Å². The summed E-state index contributed by atoms with van der Waals surface area (Å²) in [5.41, 5.74) is 1.02. The number of nitrogens with zero attached hydrogens (tertiary/aromatic N) is 2. The number of benzene rings is 1. The maximum absolute atomic E-state index is 11.3. The first-order valence-electron chi connectivity index (χ1n) is 5.07. The van der Waals surface area contributed by atoms with Crippen LogP contribution in [-0.2, 0) is 6.54 Å². The molecule has 0 saturated carbocycles. The normalized spacial score (nSPS) is 10.2. The number of aromatic amines is 1. The van der Waals surface area contributed by atoms with Gasteiger partial charge in [0.2, 0.25) is 5.95 Å². The Morgan fingerprint density at radius 1 is 1.35 bits per heavy atom. The second-order valence-corrected chi connectivity index (χ2v) is 3.94. The number of aryl methyl sites for hydroxylation is 1. The van der Waals surface area contributed by atoms with Crippen molar-refractivity contribution in [3.05, 3.63) is 50.9 Å². The lowest BCUT2D eigenvalue weighted by Crippen LogP contribution is -2.17. The quantitative estimate of drug-likeness (QED) is 0.871. The van der Waals surface area contributed by atoms with E-state index in [-0.39, 0.29) is 5.56 Å². The number of nitrogens with one attached hydrogen (secondary N) is 2. The fourth-order valence-electron chi connectivity index (χ4n) is 1.29. The first-order chi connectivity index (χ1) is 8.16. The van der Waals surface area contributed by atoms with Crippen molar-refractivity contribution >= 4 is 17.5 Å². The average molecular weight is 251 g/mol. The molecular weight excluding hydrogens is 240 g/mol. The Morgan fingerprint density at radius 3 is 2.82 bits per heavy atom. The minimum atomic E-state index is -0.248. The lowest BCUT2D eigenvalue weighted by molar-refractivity contribution is 0.888. The molecule has 6 heteroatoms. The molecule has 1 aromatic carbocycles. The molecule has 0 amide bonds. The van der Waals surface area contributed by atoms with Crippen LogP contribution in [0.2, 0.25) is 5.02 Å². The van der Waals surface area contributed by atoms with E-state index in [1.54, 1.807) is 6.92 Å². The monoisotopic (exact) mass is 250 g/mol. The largest absolute Gasteiger partial charge is 0.350 e. The van der Waals surface area contributed by atoms with E-state index in [1.165, 1.54) is 0 Å². The molecule has 0 fully saturated rings. The molecule has 2 rings (SSSR count). The van der Waals surface area contributed by atoms with Gasteiger partial charge in [-0.3, -0.25) is 9.78 Å². The van der Waals surface area contributed by atoms with E-state index in [0.717, 1.165) is 5.56 Å². The van der Waals surface area contributed by atoms with Gasteiger partial charge in [-0.15, -0.1) is 10.2 Å². The van der Waals surface area contributed by atoms with Crippen molar-refractivity contribution in [3.8, 4) is 0 Å². The Balaban J connectivity index is 2.10. The van der Waals surface area contributed by atoms with Crippen molar-refractivity contribution < 1.29 is 0 Å². The number of aromatic nitrogens is 3. The fraction of sp³-hybridized carbons (Fsp3) is 0.182. The summed E-state index contributed by atoms with van der Waals surface area (Å²) in [5, 5.41) is 11.2. The van der Waals surface area contributed by atoms with Crippen LogP contribution in [0, 0.1) is 6.92 Å². The highest BCUT2D eigenvalue weighted by atomic mass is 35.5. The molecule has 2 N–H and O–H groups in total. The zero-order valence-corrected chi connectivity index (χ0v) is 9.95. The summed E-state index contributed by atoms with van der Waals surface area (Å²) in [7, 11) is 0. The van der Waals surface area contributed by atoms with Crippen molar-refractivity contribution in [2.24, 2.45) is 0 Å². The highest BCUT2D eigenvalue weighted by molar-refractivity contribution is 6.31. The zero-order chi connectivity index (χ0) is 12.3. The third kappa shape index (κ3) is 2.82. The number of anilines is 1. The number of hydrogen-bond acceptors (Lipinski definition) is 4. The van der Waals surface area contributed by atoms with E-state index in [9.17, 15) is 4.79 Å². The SMILES string of the molecule is Cc1nnc(NCc2ccccc2Cl)[nH]c1=O. The van der Waals surface area contributed by atoms with Gasteiger partial charge in [0.05, 0.1) is 0 Å². The maximum atomic E-state index is 11.3. The molecule has 0 bridgehead atoms. The Morgan fingerprint density at radius 2 is 2.12 bits per heavy atom. The van der Waals surface area contributed by atoms with E-state index in [4.69, 9.17) is 11.6 Å². The molecule has 2 aromatic rings. The number of hydrogen-bond donors (Lipinski definition) is 2. The Hall–Kier alpha value is -1.88. The minimum Gasteiger partial charge on any atom is -0.350 e. The molecule has 0 radical (unpaired) electrons. The van der Waals surface area contributed by atoms with E-state index in [1.807, 2.05) is 24.3 Å². The topological polar surface area (TPSA) is 70.7 Å². The Kier molecular flexibility index (Phi) is 3.39. The van der Waals surface area contributed by atoms with Crippen molar-refractivity contribution in [1.82, 2.24) is 15.2 Å². The molecule has 0 aliphatic carbocycles. The van der Waals surface area contributed by atoms with Crippen LogP contribution in [0.4, 0.5) is 5.95 Å². The van der Waals surface area contributed by atoms with Gasteiger partial charge in [-0.25, -0.2) is 0 Å². The van der Waals surface area contributed by atoms with E-state index in [0.29, 0.717) is 23.2 Å². The number of H-pyrrole nitrogens is 1. The van der Waals surface area contributed by atoms with Crippen LogP contribution in [0.1, 0.15) is 11.3 Å².